The molecular weight excluding hydrogens is 277 g/mol. The van der Waals surface area contributed by atoms with Crippen LogP contribution in [0, 0.1) is 6.92 Å². The first-order chi connectivity index (χ1) is 6.83. The van der Waals surface area contributed by atoms with Crippen LogP contribution >= 0.6 is 15.9 Å². The van der Waals surface area contributed by atoms with Gasteiger partial charge in [-0.1, -0.05) is 15.9 Å². The number of nitrogen functional groups attached to an aromatic ring is 1. The number of anilines is 1. The number of halogens is 4. The zero-order chi connectivity index (χ0) is 11.6. The smallest absolute Gasteiger partial charge is 0.387 e. The van der Waals surface area contributed by atoms with Crippen LogP contribution in [0.3, 0.4) is 0 Å². The maximum Gasteiger partial charge on any atom is 0.574 e. The van der Waals surface area contributed by atoms with Crippen LogP contribution in [0.15, 0.2) is 6.07 Å². The molecule has 0 bridgehead atoms. The van der Waals surface area contributed by atoms with E-state index in [1.54, 1.807) is 6.92 Å². The minimum absolute atomic E-state index is 0.0268. The average Bonchev–Trinajstić information content (AvgIpc) is 2.08. The van der Waals surface area contributed by atoms with Crippen LogP contribution in [0.1, 0.15) is 11.1 Å². The molecule has 2 N–H and O–H groups in total. The molecule has 1 aromatic heterocycles. The third-order valence-electron chi connectivity index (χ3n) is 1.65. The molecular formula is C8H8BrF3N2O. The van der Waals surface area contributed by atoms with Crippen molar-refractivity contribution in [1.29, 1.82) is 0 Å². The summed E-state index contributed by atoms with van der Waals surface area (Å²) in [7, 11) is 0. The molecule has 15 heavy (non-hydrogen) atoms. The van der Waals surface area contributed by atoms with Gasteiger partial charge in [0, 0.05) is 10.9 Å². The standard InChI is InChI=1S/C8H8BrF3N2O/c1-4-2-5(3-9)7(14-6(4)13)15-8(10,11)12/h2H,3H2,1H3,(H2,13,14). The number of rotatable bonds is 2. The molecule has 0 atom stereocenters. The molecule has 0 saturated carbocycles. The molecule has 0 unspecified atom stereocenters. The molecule has 0 aliphatic heterocycles. The fraction of sp³-hybridized carbons (Fsp3) is 0.375. The molecule has 1 aromatic rings. The summed E-state index contributed by atoms with van der Waals surface area (Å²) in [6.45, 7) is 1.66. The number of aromatic nitrogens is 1. The summed E-state index contributed by atoms with van der Waals surface area (Å²) in [5, 5.41) is 0.215. The highest BCUT2D eigenvalue weighted by Gasteiger charge is 2.33. The number of pyridine rings is 1. The van der Waals surface area contributed by atoms with Crippen LogP contribution in [0.25, 0.3) is 0 Å². The molecule has 3 nitrogen and oxygen atoms in total. The molecule has 1 heterocycles. The van der Waals surface area contributed by atoms with Gasteiger partial charge in [0.25, 0.3) is 0 Å². The molecule has 0 aliphatic rings. The highest BCUT2D eigenvalue weighted by molar-refractivity contribution is 9.08. The Hall–Kier alpha value is -0.980. The lowest BCUT2D eigenvalue weighted by molar-refractivity contribution is -0.276. The van der Waals surface area contributed by atoms with Crippen LogP contribution in [0.4, 0.5) is 19.0 Å². The van der Waals surface area contributed by atoms with E-state index < -0.39 is 12.2 Å². The molecule has 0 saturated heterocycles. The van der Waals surface area contributed by atoms with Crippen molar-refractivity contribution in [2.45, 2.75) is 18.6 Å². The summed E-state index contributed by atoms with van der Waals surface area (Å²) in [5.41, 5.74) is 6.30. The van der Waals surface area contributed by atoms with E-state index in [0.29, 0.717) is 11.1 Å². The third kappa shape index (κ3) is 3.26. The molecule has 0 aliphatic carbocycles. The van der Waals surface area contributed by atoms with E-state index in [-0.39, 0.29) is 11.1 Å². The second-order valence-electron chi connectivity index (χ2n) is 2.84. The number of alkyl halides is 4. The van der Waals surface area contributed by atoms with E-state index in [9.17, 15) is 13.2 Å². The van der Waals surface area contributed by atoms with Crippen LogP contribution in [0.2, 0.25) is 0 Å². The summed E-state index contributed by atoms with van der Waals surface area (Å²) in [6, 6.07) is 1.50. The molecule has 1 rings (SSSR count). The SMILES string of the molecule is Cc1cc(CBr)c(OC(F)(F)F)nc1N. The number of aryl methyl sites for hydroxylation is 1. The van der Waals surface area contributed by atoms with E-state index in [4.69, 9.17) is 5.73 Å². The first-order valence-electron chi connectivity index (χ1n) is 3.91. The van der Waals surface area contributed by atoms with E-state index in [1.807, 2.05) is 0 Å². The van der Waals surface area contributed by atoms with Gasteiger partial charge in [-0.25, -0.2) is 0 Å². The van der Waals surface area contributed by atoms with Gasteiger partial charge in [0.2, 0.25) is 5.88 Å². The Kier molecular flexibility index (Phi) is 3.43. The predicted molar refractivity (Wildman–Crippen MR) is 52.7 cm³/mol. The Balaban J connectivity index is 3.11. The van der Waals surface area contributed by atoms with Gasteiger partial charge in [0.15, 0.2) is 0 Å². The number of ether oxygens (including phenoxy) is 1. The van der Waals surface area contributed by atoms with Crippen LogP contribution in [-0.4, -0.2) is 11.3 Å². The van der Waals surface area contributed by atoms with Gasteiger partial charge in [-0.05, 0) is 18.6 Å². The van der Waals surface area contributed by atoms with Crippen molar-refractivity contribution in [3.63, 3.8) is 0 Å². The van der Waals surface area contributed by atoms with Gasteiger partial charge in [0.05, 0.1) is 0 Å². The summed E-state index contributed by atoms with van der Waals surface area (Å²) < 4.78 is 39.7. The lowest BCUT2D eigenvalue weighted by Crippen LogP contribution is -2.19. The fourth-order valence-corrected chi connectivity index (χ4v) is 1.36. The van der Waals surface area contributed by atoms with Crippen LogP contribution < -0.4 is 10.5 Å². The van der Waals surface area contributed by atoms with Crippen molar-refractivity contribution in [3.05, 3.63) is 17.2 Å². The van der Waals surface area contributed by atoms with Crippen LogP contribution in [0.5, 0.6) is 5.88 Å². The van der Waals surface area contributed by atoms with E-state index in [0.717, 1.165) is 0 Å². The number of nitrogens with two attached hydrogens (primary N) is 1. The molecule has 0 aromatic carbocycles. The Labute approximate surface area is 92.6 Å². The molecule has 0 spiro atoms. The van der Waals surface area contributed by atoms with Gasteiger partial charge in [-0.15, -0.1) is 13.2 Å². The number of hydrogen-bond donors (Lipinski definition) is 1. The van der Waals surface area contributed by atoms with Gasteiger partial charge >= 0.3 is 6.36 Å². The molecule has 84 valence electrons. The number of nitrogens with zero attached hydrogens (tertiary/aromatic N) is 1. The summed E-state index contributed by atoms with van der Waals surface area (Å²) in [6.07, 6.45) is -4.76. The van der Waals surface area contributed by atoms with Crippen molar-refractivity contribution in [2.24, 2.45) is 0 Å². The van der Waals surface area contributed by atoms with E-state index in [1.165, 1.54) is 6.07 Å². The second-order valence-corrected chi connectivity index (χ2v) is 3.40. The average molecular weight is 285 g/mol. The second kappa shape index (κ2) is 4.26. The molecule has 0 fully saturated rings. The Morgan fingerprint density at radius 2 is 2.13 bits per heavy atom. The topological polar surface area (TPSA) is 48.1 Å². The Morgan fingerprint density at radius 3 is 2.60 bits per heavy atom. The van der Waals surface area contributed by atoms with Crippen molar-refractivity contribution >= 4 is 21.7 Å². The lowest BCUT2D eigenvalue weighted by Gasteiger charge is -2.12. The molecule has 0 radical (unpaired) electrons. The van der Waals surface area contributed by atoms with Crippen LogP contribution in [-0.2, 0) is 5.33 Å². The minimum Gasteiger partial charge on any atom is -0.387 e. The minimum atomic E-state index is -4.76. The maximum atomic E-state index is 12.0. The maximum absolute atomic E-state index is 12.0. The first-order valence-corrected chi connectivity index (χ1v) is 5.03. The lowest BCUT2D eigenvalue weighted by atomic mass is 10.2. The van der Waals surface area contributed by atoms with Crippen molar-refractivity contribution in [3.8, 4) is 5.88 Å². The Bertz CT molecular complexity index is 368. The molecule has 7 heteroatoms. The third-order valence-corrected chi connectivity index (χ3v) is 2.25. The van der Waals surface area contributed by atoms with Gasteiger partial charge in [-0.3, -0.25) is 0 Å². The van der Waals surface area contributed by atoms with Crippen molar-refractivity contribution in [2.75, 3.05) is 5.73 Å². The first kappa shape index (κ1) is 12.1. The van der Waals surface area contributed by atoms with Crippen molar-refractivity contribution < 1.29 is 17.9 Å². The van der Waals surface area contributed by atoms with Gasteiger partial charge < -0.3 is 10.5 Å². The van der Waals surface area contributed by atoms with Crippen molar-refractivity contribution in [1.82, 2.24) is 4.98 Å². The van der Waals surface area contributed by atoms with Gasteiger partial charge in [0.1, 0.15) is 5.82 Å². The largest absolute Gasteiger partial charge is 0.574 e. The highest BCUT2D eigenvalue weighted by atomic mass is 79.9. The zero-order valence-corrected chi connectivity index (χ0v) is 9.32. The molecule has 0 amide bonds. The summed E-state index contributed by atoms with van der Waals surface area (Å²) >= 11 is 3.05. The fourth-order valence-electron chi connectivity index (χ4n) is 0.960. The normalized spacial score (nSPS) is 11.5. The number of hydrogen-bond acceptors (Lipinski definition) is 3. The Morgan fingerprint density at radius 1 is 1.53 bits per heavy atom. The highest BCUT2D eigenvalue weighted by Crippen LogP contribution is 2.28. The quantitative estimate of drug-likeness (QED) is 0.850. The monoisotopic (exact) mass is 284 g/mol. The zero-order valence-electron chi connectivity index (χ0n) is 7.73. The van der Waals surface area contributed by atoms with E-state index in [2.05, 4.69) is 25.7 Å². The van der Waals surface area contributed by atoms with Gasteiger partial charge in [-0.2, -0.15) is 4.98 Å². The summed E-state index contributed by atoms with van der Waals surface area (Å²) in [5.74, 6) is -0.485. The predicted octanol–water partition coefficient (Wildman–Crippen LogP) is 2.77. The van der Waals surface area contributed by atoms with E-state index >= 15 is 0 Å². The summed E-state index contributed by atoms with van der Waals surface area (Å²) in [4.78, 5) is 3.53.